The zero-order chi connectivity index (χ0) is 20.7. The van der Waals surface area contributed by atoms with Crippen LogP contribution in [0.3, 0.4) is 0 Å². The van der Waals surface area contributed by atoms with E-state index in [-0.39, 0.29) is 5.91 Å². The van der Waals surface area contributed by atoms with E-state index in [1.807, 2.05) is 28.5 Å². The maximum atomic E-state index is 12.6. The van der Waals surface area contributed by atoms with Gasteiger partial charge in [-0.15, -0.1) is 0 Å². The number of rotatable bonds is 3. The first-order valence-electron chi connectivity index (χ1n) is 10.8. The third-order valence-corrected chi connectivity index (χ3v) is 6.70. The van der Waals surface area contributed by atoms with Crippen molar-refractivity contribution in [3.8, 4) is 0 Å². The number of halogens is 1. The molecule has 0 bridgehead atoms. The van der Waals surface area contributed by atoms with Crippen molar-refractivity contribution in [2.75, 3.05) is 50.7 Å². The number of aryl methyl sites for hydroxylation is 1. The lowest BCUT2D eigenvalue weighted by Gasteiger charge is -2.25. The third kappa shape index (κ3) is 3.50. The Morgan fingerprint density at radius 2 is 1.83 bits per heavy atom. The zero-order valence-corrected chi connectivity index (χ0v) is 18.1. The monoisotopic (exact) mass is 426 g/mol. The molecule has 0 unspecified atom stereocenters. The van der Waals surface area contributed by atoms with Gasteiger partial charge < -0.3 is 9.80 Å². The van der Waals surface area contributed by atoms with Crippen LogP contribution in [-0.4, -0.2) is 76.1 Å². The van der Waals surface area contributed by atoms with Gasteiger partial charge in [0.25, 0.3) is 0 Å². The maximum absolute atomic E-state index is 12.6. The topological polar surface area (TPSA) is 57.0 Å². The molecular weight excluding hydrogens is 400 g/mol. The molecule has 0 radical (unpaired) electrons. The molecule has 1 aromatic carbocycles. The van der Waals surface area contributed by atoms with Crippen LogP contribution in [-0.2, 0) is 4.79 Å². The molecule has 7 nitrogen and oxygen atoms in total. The van der Waals surface area contributed by atoms with Crippen molar-refractivity contribution in [3.63, 3.8) is 0 Å². The fourth-order valence-corrected chi connectivity index (χ4v) is 4.77. The Hall–Kier alpha value is -2.38. The first-order valence-corrected chi connectivity index (χ1v) is 11.2. The number of anilines is 1. The summed E-state index contributed by atoms with van der Waals surface area (Å²) in [4.78, 5) is 24.1. The number of para-hydroxylation sites is 1. The van der Waals surface area contributed by atoms with Gasteiger partial charge in [-0.05, 0) is 38.3 Å². The Morgan fingerprint density at radius 3 is 2.67 bits per heavy atom. The molecule has 0 N–H and O–H groups in total. The molecule has 4 heterocycles. The second-order valence-electron chi connectivity index (χ2n) is 8.29. The molecule has 2 aliphatic rings. The minimum atomic E-state index is 0.271. The van der Waals surface area contributed by atoms with E-state index in [1.165, 1.54) is 0 Å². The molecule has 2 saturated heterocycles. The Bertz CT molecular complexity index is 1090. The molecule has 0 spiro atoms. The lowest BCUT2D eigenvalue weighted by Crippen LogP contribution is -2.40. The number of carbonyl (C=O) groups excluding carboxylic acids is 1. The summed E-state index contributed by atoms with van der Waals surface area (Å²) in [6.45, 7) is 7.80. The second-order valence-corrected chi connectivity index (χ2v) is 8.67. The van der Waals surface area contributed by atoms with E-state index in [9.17, 15) is 4.79 Å². The number of amides is 1. The van der Waals surface area contributed by atoms with Gasteiger partial charge in [0, 0.05) is 44.7 Å². The quantitative estimate of drug-likeness (QED) is 0.644. The largest absolute Gasteiger partial charge is 0.355 e. The van der Waals surface area contributed by atoms with E-state index in [1.54, 1.807) is 0 Å². The predicted octanol–water partition coefficient (Wildman–Crippen LogP) is 2.98. The van der Waals surface area contributed by atoms with Gasteiger partial charge in [-0.25, -0.2) is 9.50 Å². The van der Waals surface area contributed by atoms with Crippen molar-refractivity contribution in [1.29, 1.82) is 0 Å². The van der Waals surface area contributed by atoms with Crippen molar-refractivity contribution in [1.82, 2.24) is 24.4 Å². The first-order chi connectivity index (χ1) is 14.6. The van der Waals surface area contributed by atoms with Crippen LogP contribution in [0, 0.1) is 6.92 Å². The summed E-state index contributed by atoms with van der Waals surface area (Å²) in [6.07, 6.45) is 3.27. The molecule has 2 aliphatic heterocycles. The summed E-state index contributed by atoms with van der Waals surface area (Å²) in [5, 5.41) is 6.26. The number of fused-ring (bicyclic) bond motifs is 3. The van der Waals surface area contributed by atoms with E-state index >= 15 is 0 Å². The van der Waals surface area contributed by atoms with Crippen LogP contribution >= 0.6 is 11.6 Å². The normalized spacial score (nSPS) is 18.5. The number of benzene rings is 1. The number of hydrogen-bond donors (Lipinski definition) is 0. The van der Waals surface area contributed by atoms with Crippen LogP contribution in [0.2, 0.25) is 5.02 Å². The number of nitrogens with zero attached hydrogens (tertiary/aromatic N) is 6. The molecule has 5 rings (SSSR count). The van der Waals surface area contributed by atoms with Crippen molar-refractivity contribution in [2.24, 2.45) is 0 Å². The van der Waals surface area contributed by atoms with Gasteiger partial charge in [0.05, 0.1) is 17.8 Å². The summed E-state index contributed by atoms with van der Waals surface area (Å²) in [6, 6.07) is 8.22. The standard InChI is InChI=1S/C22H27ClN6O/c1-16-20(23)22-24-21(17-7-2-3-8-18(17)29(22)25-16)28-12-6-9-26(13-14-28)15-19(30)27-10-4-5-11-27/h2-3,7-8H,4-6,9-15H2,1H3. The van der Waals surface area contributed by atoms with Gasteiger partial charge in [0.15, 0.2) is 5.65 Å². The minimum Gasteiger partial charge on any atom is -0.355 e. The molecule has 8 heteroatoms. The van der Waals surface area contributed by atoms with Crippen LogP contribution in [0.15, 0.2) is 24.3 Å². The highest BCUT2D eigenvalue weighted by Gasteiger charge is 2.24. The SMILES string of the molecule is Cc1nn2c(nc(N3CCCN(CC(=O)N4CCCC4)CC3)c3ccccc32)c1Cl. The molecule has 0 saturated carbocycles. The van der Waals surface area contributed by atoms with Crippen molar-refractivity contribution in [3.05, 3.63) is 35.0 Å². The predicted molar refractivity (Wildman–Crippen MR) is 119 cm³/mol. The molecule has 2 fully saturated rings. The minimum absolute atomic E-state index is 0.271. The van der Waals surface area contributed by atoms with Gasteiger partial charge >= 0.3 is 0 Å². The van der Waals surface area contributed by atoms with Crippen LogP contribution in [0.4, 0.5) is 5.82 Å². The Kier molecular flexibility index (Phi) is 5.25. The van der Waals surface area contributed by atoms with Crippen LogP contribution in [0.1, 0.15) is 25.0 Å². The molecule has 1 amide bonds. The Balaban J connectivity index is 1.41. The lowest BCUT2D eigenvalue weighted by atomic mass is 10.2. The second kappa shape index (κ2) is 8.04. The highest BCUT2D eigenvalue weighted by atomic mass is 35.5. The molecule has 0 aliphatic carbocycles. The molecule has 3 aromatic rings. The summed E-state index contributed by atoms with van der Waals surface area (Å²) in [5.41, 5.74) is 2.50. The summed E-state index contributed by atoms with van der Waals surface area (Å²) in [5.74, 6) is 1.22. The van der Waals surface area contributed by atoms with E-state index in [0.29, 0.717) is 17.2 Å². The van der Waals surface area contributed by atoms with Crippen LogP contribution in [0.25, 0.3) is 16.6 Å². The Morgan fingerprint density at radius 1 is 1.03 bits per heavy atom. The van der Waals surface area contributed by atoms with Crippen molar-refractivity contribution < 1.29 is 4.79 Å². The molecular formula is C22H27ClN6O. The van der Waals surface area contributed by atoms with Crippen LogP contribution in [0.5, 0.6) is 0 Å². The number of carbonyl (C=O) groups is 1. The smallest absolute Gasteiger partial charge is 0.236 e. The fraction of sp³-hybridized carbons (Fsp3) is 0.500. The van der Waals surface area contributed by atoms with E-state index in [0.717, 1.165) is 80.9 Å². The third-order valence-electron chi connectivity index (χ3n) is 6.26. The summed E-state index contributed by atoms with van der Waals surface area (Å²) < 4.78 is 1.84. The van der Waals surface area contributed by atoms with Crippen LogP contribution < -0.4 is 4.90 Å². The van der Waals surface area contributed by atoms with E-state index in [4.69, 9.17) is 16.6 Å². The number of hydrogen-bond acceptors (Lipinski definition) is 5. The molecule has 30 heavy (non-hydrogen) atoms. The molecule has 158 valence electrons. The average molecular weight is 427 g/mol. The average Bonchev–Trinajstić information content (AvgIpc) is 3.32. The first kappa shape index (κ1) is 19.6. The summed E-state index contributed by atoms with van der Waals surface area (Å²) in [7, 11) is 0. The van der Waals surface area contributed by atoms with Gasteiger partial charge in [0.2, 0.25) is 5.91 Å². The zero-order valence-electron chi connectivity index (χ0n) is 17.3. The highest BCUT2D eigenvalue weighted by molar-refractivity contribution is 6.34. The van der Waals surface area contributed by atoms with Crippen molar-refractivity contribution >= 4 is 39.9 Å². The maximum Gasteiger partial charge on any atom is 0.236 e. The number of aromatic nitrogens is 3. The summed E-state index contributed by atoms with van der Waals surface area (Å²) >= 11 is 6.51. The lowest BCUT2D eigenvalue weighted by molar-refractivity contribution is -0.131. The number of likely N-dealkylation sites (tertiary alicyclic amines) is 1. The Labute approximate surface area is 181 Å². The van der Waals surface area contributed by atoms with Crippen molar-refractivity contribution in [2.45, 2.75) is 26.2 Å². The van der Waals surface area contributed by atoms with Gasteiger partial charge in [0.1, 0.15) is 10.8 Å². The fourth-order valence-electron chi connectivity index (χ4n) is 4.61. The van der Waals surface area contributed by atoms with Gasteiger partial charge in [-0.3, -0.25) is 9.69 Å². The van der Waals surface area contributed by atoms with Gasteiger partial charge in [-0.2, -0.15) is 5.10 Å². The molecule has 0 atom stereocenters. The highest BCUT2D eigenvalue weighted by Crippen LogP contribution is 2.30. The van der Waals surface area contributed by atoms with E-state index in [2.05, 4.69) is 27.0 Å². The van der Waals surface area contributed by atoms with E-state index < -0.39 is 0 Å². The van der Waals surface area contributed by atoms with Gasteiger partial charge in [-0.1, -0.05) is 23.7 Å². The molecule has 2 aromatic heterocycles.